The molecule has 0 bridgehead atoms. The van der Waals surface area contributed by atoms with Crippen molar-refractivity contribution in [3.63, 3.8) is 0 Å². The van der Waals surface area contributed by atoms with E-state index >= 15 is 0 Å². The van der Waals surface area contributed by atoms with Crippen molar-refractivity contribution in [3.8, 4) is 0 Å². The number of hydrogen-bond donors (Lipinski definition) is 2. The number of aryl methyl sites for hydroxylation is 1. The Balaban J connectivity index is 2.18. The van der Waals surface area contributed by atoms with E-state index in [9.17, 15) is 0 Å². The number of H-pyrrole nitrogens is 1. The first-order chi connectivity index (χ1) is 5.40. The normalized spacial score (nSPS) is 23.2. The SMILES string of the molecule is NCC1CCc2c[nH]cc2C1. The lowest BCUT2D eigenvalue weighted by molar-refractivity contribution is 0.471. The molecule has 1 heterocycles. The van der Waals surface area contributed by atoms with E-state index in [4.69, 9.17) is 5.73 Å². The average Bonchev–Trinajstić information content (AvgIpc) is 2.50. The van der Waals surface area contributed by atoms with Crippen molar-refractivity contribution in [2.75, 3.05) is 6.54 Å². The van der Waals surface area contributed by atoms with Crippen molar-refractivity contribution in [2.45, 2.75) is 19.3 Å². The Morgan fingerprint density at radius 1 is 1.45 bits per heavy atom. The Morgan fingerprint density at radius 2 is 2.27 bits per heavy atom. The zero-order valence-corrected chi connectivity index (χ0v) is 6.64. The van der Waals surface area contributed by atoms with Gasteiger partial charge in [-0.25, -0.2) is 0 Å². The Bertz CT molecular complexity index is 239. The summed E-state index contributed by atoms with van der Waals surface area (Å²) >= 11 is 0. The molecule has 1 aromatic heterocycles. The highest BCUT2D eigenvalue weighted by molar-refractivity contribution is 5.26. The van der Waals surface area contributed by atoms with Gasteiger partial charge in [0.15, 0.2) is 0 Å². The minimum Gasteiger partial charge on any atom is -0.367 e. The molecule has 0 saturated carbocycles. The molecular weight excluding hydrogens is 136 g/mol. The smallest absolute Gasteiger partial charge is 0.00403 e. The second-order valence-corrected chi connectivity index (χ2v) is 3.35. The first-order valence-corrected chi connectivity index (χ1v) is 4.24. The first kappa shape index (κ1) is 6.92. The Morgan fingerprint density at radius 3 is 3.09 bits per heavy atom. The van der Waals surface area contributed by atoms with Crippen LogP contribution in [0.5, 0.6) is 0 Å². The molecule has 11 heavy (non-hydrogen) atoms. The lowest BCUT2D eigenvalue weighted by atomic mass is 9.86. The van der Waals surface area contributed by atoms with Gasteiger partial charge in [0.25, 0.3) is 0 Å². The first-order valence-electron chi connectivity index (χ1n) is 4.24. The van der Waals surface area contributed by atoms with Gasteiger partial charge >= 0.3 is 0 Å². The van der Waals surface area contributed by atoms with Crippen LogP contribution in [0, 0.1) is 5.92 Å². The van der Waals surface area contributed by atoms with Gasteiger partial charge in [0.05, 0.1) is 0 Å². The maximum Gasteiger partial charge on any atom is 0.00403 e. The standard InChI is InChI=1S/C9H14N2/c10-4-7-1-2-8-5-11-6-9(8)3-7/h5-7,11H,1-4,10H2. The van der Waals surface area contributed by atoms with Crippen molar-refractivity contribution in [1.29, 1.82) is 0 Å². The number of aromatic nitrogens is 1. The van der Waals surface area contributed by atoms with E-state index in [2.05, 4.69) is 17.4 Å². The Kier molecular flexibility index (Phi) is 1.70. The molecule has 1 atom stereocenters. The van der Waals surface area contributed by atoms with Gasteiger partial charge in [-0.2, -0.15) is 0 Å². The summed E-state index contributed by atoms with van der Waals surface area (Å²) in [6, 6.07) is 0. The summed E-state index contributed by atoms with van der Waals surface area (Å²) in [4.78, 5) is 3.14. The molecule has 2 heteroatoms. The highest BCUT2D eigenvalue weighted by Crippen LogP contribution is 2.24. The minimum atomic E-state index is 0.721. The predicted molar refractivity (Wildman–Crippen MR) is 45.4 cm³/mol. The molecular formula is C9H14N2. The quantitative estimate of drug-likeness (QED) is 0.618. The summed E-state index contributed by atoms with van der Waals surface area (Å²) in [5, 5.41) is 0. The van der Waals surface area contributed by atoms with Gasteiger partial charge in [0, 0.05) is 12.4 Å². The molecule has 0 aromatic carbocycles. The number of rotatable bonds is 1. The fourth-order valence-corrected chi connectivity index (χ4v) is 1.82. The fraction of sp³-hybridized carbons (Fsp3) is 0.556. The van der Waals surface area contributed by atoms with Gasteiger partial charge < -0.3 is 10.7 Å². The Labute approximate surface area is 66.8 Å². The van der Waals surface area contributed by atoms with Crippen LogP contribution in [0.25, 0.3) is 0 Å². The summed E-state index contributed by atoms with van der Waals surface area (Å²) < 4.78 is 0. The van der Waals surface area contributed by atoms with Crippen LogP contribution >= 0.6 is 0 Å². The Hall–Kier alpha value is -0.760. The summed E-state index contributed by atoms with van der Waals surface area (Å²) in [6.45, 7) is 0.838. The van der Waals surface area contributed by atoms with E-state index < -0.39 is 0 Å². The van der Waals surface area contributed by atoms with Gasteiger partial charge in [0.1, 0.15) is 0 Å². The zero-order chi connectivity index (χ0) is 7.68. The number of aromatic amines is 1. The molecule has 1 unspecified atom stereocenters. The molecule has 3 N–H and O–H groups in total. The predicted octanol–water partition coefficient (Wildman–Crippen LogP) is 1.08. The molecule has 0 saturated heterocycles. The number of hydrogen-bond acceptors (Lipinski definition) is 1. The maximum absolute atomic E-state index is 5.62. The van der Waals surface area contributed by atoms with Crippen LogP contribution in [0.15, 0.2) is 12.4 Å². The van der Waals surface area contributed by atoms with Gasteiger partial charge in [-0.15, -0.1) is 0 Å². The molecule has 0 fully saturated rings. The van der Waals surface area contributed by atoms with Crippen LogP contribution in [0.2, 0.25) is 0 Å². The maximum atomic E-state index is 5.62. The fourth-order valence-electron chi connectivity index (χ4n) is 1.82. The summed E-state index contributed by atoms with van der Waals surface area (Å²) in [7, 11) is 0. The number of nitrogens with one attached hydrogen (secondary N) is 1. The van der Waals surface area contributed by atoms with E-state index in [1.165, 1.54) is 30.4 Å². The average molecular weight is 150 g/mol. The molecule has 0 radical (unpaired) electrons. The van der Waals surface area contributed by atoms with E-state index in [0.29, 0.717) is 0 Å². The third kappa shape index (κ3) is 1.18. The molecule has 1 aliphatic rings. The topological polar surface area (TPSA) is 41.8 Å². The molecule has 0 amide bonds. The van der Waals surface area contributed by atoms with Crippen LogP contribution in [0.4, 0.5) is 0 Å². The third-order valence-corrected chi connectivity index (χ3v) is 2.59. The van der Waals surface area contributed by atoms with Crippen molar-refractivity contribution in [2.24, 2.45) is 11.7 Å². The molecule has 0 aliphatic heterocycles. The van der Waals surface area contributed by atoms with Crippen LogP contribution in [0.3, 0.4) is 0 Å². The largest absolute Gasteiger partial charge is 0.367 e. The lowest BCUT2D eigenvalue weighted by Crippen LogP contribution is -2.21. The van der Waals surface area contributed by atoms with Crippen molar-refractivity contribution in [3.05, 3.63) is 23.5 Å². The van der Waals surface area contributed by atoms with Crippen LogP contribution in [0.1, 0.15) is 17.5 Å². The highest BCUT2D eigenvalue weighted by atomic mass is 14.6. The second-order valence-electron chi connectivity index (χ2n) is 3.35. The monoisotopic (exact) mass is 150 g/mol. The highest BCUT2D eigenvalue weighted by Gasteiger charge is 2.17. The molecule has 2 nitrogen and oxygen atoms in total. The van der Waals surface area contributed by atoms with E-state index in [1.54, 1.807) is 0 Å². The molecule has 1 aromatic rings. The van der Waals surface area contributed by atoms with Crippen molar-refractivity contribution in [1.82, 2.24) is 4.98 Å². The van der Waals surface area contributed by atoms with Gasteiger partial charge in [0.2, 0.25) is 0 Å². The van der Waals surface area contributed by atoms with E-state index in [1.807, 2.05) is 0 Å². The van der Waals surface area contributed by atoms with Crippen LogP contribution in [-0.2, 0) is 12.8 Å². The lowest BCUT2D eigenvalue weighted by Gasteiger charge is -2.19. The van der Waals surface area contributed by atoms with Gasteiger partial charge in [-0.3, -0.25) is 0 Å². The zero-order valence-electron chi connectivity index (χ0n) is 6.64. The van der Waals surface area contributed by atoms with Crippen molar-refractivity contribution < 1.29 is 0 Å². The molecule has 60 valence electrons. The van der Waals surface area contributed by atoms with Gasteiger partial charge in [-0.05, 0) is 42.9 Å². The van der Waals surface area contributed by atoms with E-state index in [0.717, 1.165) is 12.5 Å². The van der Waals surface area contributed by atoms with Gasteiger partial charge in [-0.1, -0.05) is 0 Å². The van der Waals surface area contributed by atoms with Crippen LogP contribution in [-0.4, -0.2) is 11.5 Å². The van der Waals surface area contributed by atoms with Crippen molar-refractivity contribution >= 4 is 0 Å². The molecule has 0 spiro atoms. The second kappa shape index (κ2) is 2.70. The summed E-state index contributed by atoms with van der Waals surface area (Å²) in [5.74, 6) is 0.721. The van der Waals surface area contributed by atoms with Crippen LogP contribution < -0.4 is 5.73 Å². The van der Waals surface area contributed by atoms with E-state index in [-0.39, 0.29) is 0 Å². The summed E-state index contributed by atoms with van der Waals surface area (Å²) in [6.07, 6.45) is 7.87. The summed E-state index contributed by atoms with van der Waals surface area (Å²) in [5.41, 5.74) is 8.59. The minimum absolute atomic E-state index is 0.721. The molecule has 2 rings (SSSR count). The third-order valence-electron chi connectivity index (χ3n) is 2.59. The number of fused-ring (bicyclic) bond motifs is 1. The number of nitrogens with two attached hydrogens (primary N) is 1. The molecule has 1 aliphatic carbocycles.